The zero-order valence-electron chi connectivity index (χ0n) is 9.94. The number of nitrogens with one attached hydrogen (secondary N) is 1. The smallest absolute Gasteiger partial charge is 0.325 e. The third kappa shape index (κ3) is 4.26. The summed E-state index contributed by atoms with van der Waals surface area (Å²) in [5.41, 5.74) is 0.898. The average Bonchev–Trinajstić information content (AvgIpc) is 2.36. The van der Waals surface area contributed by atoms with Crippen LogP contribution in [0, 0.1) is 17.1 Å². The van der Waals surface area contributed by atoms with Crippen molar-refractivity contribution in [3.05, 3.63) is 41.8 Å². The largest absolute Gasteiger partial charge is 0.465 e. The molecular weight excluding hydrogens is 235 g/mol. The van der Waals surface area contributed by atoms with Crippen molar-refractivity contribution < 1.29 is 13.9 Å². The maximum atomic E-state index is 12.7. The van der Waals surface area contributed by atoms with E-state index in [0.717, 1.165) is 0 Å². The molecule has 0 atom stereocenters. The Bertz CT molecular complexity index is 475. The molecular formula is C13H13FN2O2. The highest BCUT2D eigenvalue weighted by molar-refractivity contribution is 5.77. The zero-order valence-corrected chi connectivity index (χ0v) is 9.94. The summed E-state index contributed by atoms with van der Waals surface area (Å²) >= 11 is 0. The number of esters is 1. The molecule has 0 spiro atoms. The SMILES string of the molecule is CCOC(=O)CNC=C(C#N)c1ccc(F)cc1. The first kappa shape index (κ1) is 13.7. The van der Waals surface area contributed by atoms with Crippen LogP contribution < -0.4 is 5.32 Å². The number of nitriles is 1. The molecule has 94 valence electrons. The van der Waals surface area contributed by atoms with Crippen molar-refractivity contribution in [2.24, 2.45) is 0 Å². The fraction of sp³-hybridized carbons (Fsp3) is 0.231. The molecule has 1 aromatic rings. The van der Waals surface area contributed by atoms with Gasteiger partial charge in [-0.2, -0.15) is 5.26 Å². The van der Waals surface area contributed by atoms with Crippen LogP contribution in [0.1, 0.15) is 12.5 Å². The van der Waals surface area contributed by atoms with Crippen molar-refractivity contribution in [2.75, 3.05) is 13.2 Å². The van der Waals surface area contributed by atoms with Crippen molar-refractivity contribution in [2.45, 2.75) is 6.92 Å². The van der Waals surface area contributed by atoms with Gasteiger partial charge in [0, 0.05) is 6.20 Å². The molecule has 0 aliphatic heterocycles. The fourth-order valence-corrected chi connectivity index (χ4v) is 1.26. The quantitative estimate of drug-likeness (QED) is 0.638. The predicted molar refractivity (Wildman–Crippen MR) is 64.6 cm³/mol. The Hall–Kier alpha value is -2.35. The van der Waals surface area contributed by atoms with Crippen molar-refractivity contribution >= 4 is 11.5 Å². The Morgan fingerprint density at radius 1 is 1.50 bits per heavy atom. The van der Waals surface area contributed by atoms with E-state index in [1.54, 1.807) is 6.92 Å². The molecule has 0 saturated carbocycles. The minimum atomic E-state index is -0.398. The number of benzene rings is 1. The second-order valence-corrected chi connectivity index (χ2v) is 3.36. The second kappa shape index (κ2) is 7.07. The van der Waals surface area contributed by atoms with E-state index in [0.29, 0.717) is 17.7 Å². The maximum absolute atomic E-state index is 12.7. The number of allylic oxidation sites excluding steroid dienone is 1. The van der Waals surface area contributed by atoms with E-state index in [4.69, 9.17) is 10.00 Å². The number of rotatable bonds is 5. The summed E-state index contributed by atoms with van der Waals surface area (Å²) in [6, 6.07) is 7.50. The molecule has 5 heteroatoms. The minimum absolute atomic E-state index is 0.0137. The van der Waals surface area contributed by atoms with E-state index in [2.05, 4.69) is 5.32 Å². The molecule has 1 rings (SSSR count). The number of halogens is 1. The first-order valence-corrected chi connectivity index (χ1v) is 5.42. The Morgan fingerprint density at radius 2 is 2.17 bits per heavy atom. The summed E-state index contributed by atoms with van der Waals surface area (Å²) < 4.78 is 17.4. The summed E-state index contributed by atoms with van der Waals surface area (Å²) in [6.07, 6.45) is 1.41. The van der Waals surface area contributed by atoms with Crippen molar-refractivity contribution in [3.63, 3.8) is 0 Å². The Morgan fingerprint density at radius 3 is 2.72 bits per heavy atom. The van der Waals surface area contributed by atoms with Crippen LogP contribution in [0.2, 0.25) is 0 Å². The molecule has 0 aliphatic carbocycles. The van der Waals surface area contributed by atoms with Gasteiger partial charge in [-0.15, -0.1) is 0 Å². The number of hydrogen-bond donors (Lipinski definition) is 1. The molecule has 0 radical (unpaired) electrons. The van der Waals surface area contributed by atoms with Gasteiger partial charge in [0.15, 0.2) is 0 Å². The highest BCUT2D eigenvalue weighted by Crippen LogP contribution is 2.12. The van der Waals surface area contributed by atoms with E-state index in [1.165, 1.54) is 30.5 Å². The van der Waals surface area contributed by atoms with E-state index < -0.39 is 5.97 Å². The summed E-state index contributed by atoms with van der Waals surface area (Å²) in [5, 5.41) is 11.6. The van der Waals surface area contributed by atoms with Gasteiger partial charge in [-0.05, 0) is 24.6 Å². The van der Waals surface area contributed by atoms with E-state index in [9.17, 15) is 9.18 Å². The lowest BCUT2D eigenvalue weighted by Crippen LogP contribution is -2.20. The van der Waals surface area contributed by atoms with E-state index in [1.807, 2.05) is 6.07 Å². The monoisotopic (exact) mass is 248 g/mol. The molecule has 0 aromatic heterocycles. The molecule has 0 amide bonds. The third-order valence-electron chi connectivity index (χ3n) is 2.07. The molecule has 0 unspecified atom stereocenters. The minimum Gasteiger partial charge on any atom is -0.465 e. The molecule has 0 aliphatic rings. The zero-order chi connectivity index (χ0) is 13.4. The van der Waals surface area contributed by atoms with Crippen molar-refractivity contribution in [3.8, 4) is 6.07 Å². The summed E-state index contributed by atoms with van der Waals surface area (Å²) in [5.74, 6) is -0.763. The van der Waals surface area contributed by atoms with E-state index >= 15 is 0 Å². The molecule has 1 aromatic carbocycles. The lowest BCUT2D eigenvalue weighted by atomic mass is 10.1. The lowest BCUT2D eigenvalue weighted by molar-refractivity contribution is -0.141. The lowest BCUT2D eigenvalue weighted by Gasteiger charge is -2.03. The maximum Gasteiger partial charge on any atom is 0.325 e. The van der Waals surface area contributed by atoms with Crippen LogP contribution in [-0.2, 0) is 9.53 Å². The Balaban J connectivity index is 2.64. The first-order valence-electron chi connectivity index (χ1n) is 5.42. The molecule has 0 bridgehead atoms. The third-order valence-corrected chi connectivity index (χ3v) is 2.07. The topological polar surface area (TPSA) is 62.1 Å². The number of hydrogen-bond acceptors (Lipinski definition) is 4. The van der Waals surface area contributed by atoms with Crippen LogP contribution in [0.25, 0.3) is 5.57 Å². The highest BCUT2D eigenvalue weighted by atomic mass is 19.1. The van der Waals surface area contributed by atoms with Crippen LogP contribution in [0.4, 0.5) is 4.39 Å². The number of nitrogens with zero attached hydrogens (tertiary/aromatic N) is 1. The predicted octanol–water partition coefficient (Wildman–Crippen LogP) is 1.84. The van der Waals surface area contributed by atoms with Gasteiger partial charge in [0.25, 0.3) is 0 Å². The highest BCUT2D eigenvalue weighted by Gasteiger charge is 2.02. The molecule has 1 N–H and O–H groups in total. The van der Waals surface area contributed by atoms with Gasteiger partial charge in [-0.3, -0.25) is 4.79 Å². The molecule has 0 saturated heterocycles. The summed E-state index contributed by atoms with van der Waals surface area (Å²) in [6.45, 7) is 2.01. The standard InChI is InChI=1S/C13H13FN2O2/c1-2-18-13(17)9-16-8-11(7-15)10-3-5-12(14)6-4-10/h3-6,8,16H,2,9H2,1H3. The second-order valence-electron chi connectivity index (χ2n) is 3.36. The van der Waals surface area contributed by atoms with Crippen LogP contribution >= 0.6 is 0 Å². The van der Waals surface area contributed by atoms with Gasteiger partial charge in [0.05, 0.1) is 12.2 Å². The molecule has 0 heterocycles. The average molecular weight is 248 g/mol. The van der Waals surface area contributed by atoms with Gasteiger partial charge in [-0.1, -0.05) is 12.1 Å². The molecule has 4 nitrogen and oxygen atoms in total. The van der Waals surface area contributed by atoms with Crippen LogP contribution in [-0.4, -0.2) is 19.1 Å². The van der Waals surface area contributed by atoms with Crippen LogP contribution in [0.15, 0.2) is 30.5 Å². The first-order chi connectivity index (χ1) is 8.67. The fourth-order valence-electron chi connectivity index (χ4n) is 1.26. The van der Waals surface area contributed by atoms with Crippen molar-refractivity contribution in [1.29, 1.82) is 5.26 Å². The Kier molecular flexibility index (Phi) is 5.39. The van der Waals surface area contributed by atoms with Gasteiger partial charge in [0.2, 0.25) is 0 Å². The Labute approximate surface area is 105 Å². The molecule has 0 fully saturated rings. The summed E-state index contributed by atoms with van der Waals surface area (Å²) in [4.78, 5) is 11.0. The summed E-state index contributed by atoms with van der Waals surface area (Å²) in [7, 11) is 0. The van der Waals surface area contributed by atoms with Gasteiger partial charge >= 0.3 is 5.97 Å². The normalized spacial score (nSPS) is 10.6. The number of carbonyl (C=O) groups excluding carboxylic acids is 1. The van der Waals surface area contributed by atoms with E-state index in [-0.39, 0.29) is 12.4 Å². The van der Waals surface area contributed by atoms with Crippen LogP contribution in [0.3, 0.4) is 0 Å². The van der Waals surface area contributed by atoms with Gasteiger partial charge in [-0.25, -0.2) is 4.39 Å². The van der Waals surface area contributed by atoms with Crippen molar-refractivity contribution in [1.82, 2.24) is 5.32 Å². The number of carbonyl (C=O) groups is 1. The molecule has 18 heavy (non-hydrogen) atoms. The van der Waals surface area contributed by atoms with Gasteiger partial charge < -0.3 is 10.1 Å². The van der Waals surface area contributed by atoms with Crippen LogP contribution in [0.5, 0.6) is 0 Å². The van der Waals surface area contributed by atoms with Gasteiger partial charge in [0.1, 0.15) is 18.4 Å². The number of ether oxygens (including phenoxy) is 1.